The summed E-state index contributed by atoms with van der Waals surface area (Å²) in [6.07, 6.45) is 1.80. The third-order valence-electron chi connectivity index (χ3n) is 2.35. The molecule has 1 aromatic carbocycles. The van der Waals surface area contributed by atoms with Crippen LogP contribution in [0, 0.1) is 0 Å². The summed E-state index contributed by atoms with van der Waals surface area (Å²) in [5, 5.41) is 20.7. The molecule has 6 heteroatoms. The van der Waals surface area contributed by atoms with Crippen LogP contribution in [0.5, 0.6) is 5.75 Å². The van der Waals surface area contributed by atoms with Crippen molar-refractivity contribution in [1.29, 1.82) is 0 Å². The number of oxazole rings is 1. The average molecular weight is 248 g/mol. The number of hydrogen-bond acceptors (Lipinski definition) is 5. The maximum atomic E-state index is 10.6. The molecule has 18 heavy (non-hydrogen) atoms. The van der Waals surface area contributed by atoms with Crippen molar-refractivity contribution in [2.75, 3.05) is 11.9 Å². The Balaban J connectivity index is 1.84. The van der Waals surface area contributed by atoms with Crippen molar-refractivity contribution in [2.45, 2.75) is 6.42 Å². The lowest BCUT2D eigenvalue weighted by Crippen LogP contribution is -2.05. The highest BCUT2D eigenvalue weighted by atomic mass is 16.4. The summed E-state index contributed by atoms with van der Waals surface area (Å²) in [5.74, 6) is -0.893. The van der Waals surface area contributed by atoms with E-state index in [1.54, 1.807) is 12.1 Å². The number of nitrogens with one attached hydrogen (secondary N) is 1. The highest BCUT2D eigenvalue weighted by molar-refractivity contribution is 5.85. The summed E-state index contributed by atoms with van der Waals surface area (Å²) in [7, 11) is 0. The smallest absolute Gasteiger partial charge is 0.357 e. The molecule has 94 valence electrons. The largest absolute Gasteiger partial charge is 0.508 e. The number of carboxylic acid groups (broad SMARTS) is 1. The normalized spacial score (nSPS) is 10.2. The lowest BCUT2D eigenvalue weighted by atomic mass is 10.1. The standard InChI is InChI=1S/C12H12N2O4/c15-9-3-1-8(2-4-9)5-6-13-12-14-10(7-18-12)11(16)17/h1-4,7,15H,5-6H2,(H,13,14)(H,16,17). The summed E-state index contributed by atoms with van der Waals surface area (Å²) in [6.45, 7) is 0.560. The van der Waals surface area contributed by atoms with Gasteiger partial charge in [-0.05, 0) is 24.1 Å². The second-order valence-corrected chi connectivity index (χ2v) is 3.69. The Kier molecular flexibility index (Phi) is 3.47. The van der Waals surface area contributed by atoms with Gasteiger partial charge in [0.15, 0.2) is 5.69 Å². The molecule has 0 aliphatic rings. The maximum Gasteiger partial charge on any atom is 0.357 e. The number of carbonyl (C=O) groups is 1. The molecule has 2 aromatic rings. The molecule has 0 bridgehead atoms. The zero-order chi connectivity index (χ0) is 13.0. The molecular weight excluding hydrogens is 236 g/mol. The van der Waals surface area contributed by atoms with Crippen LogP contribution < -0.4 is 5.32 Å². The summed E-state index contributed by atoms with van der Waals surface area (Å²) in [5.41, 5.74) is 0.924. The molecule has 0 amide bonds. The minimum Gasteiger partial charge on any atom is -0.508 e. The van der Waals surface area contributed by atoms with E-state index in [0.29, 0.717) is 13.0 Å². The van der Waals surface area contributed by atoms with Gasteiger partial charge in [0.1, 0.15) is 12.0 Å². The number of anilines is 1. The van der Waals surface area contributed by atoms with Gasteiger partial charge in [-0.1, -0.05) is 12.1 Å². The number of benzene rings is 1. The topological polar surface area (TPSA) is 95.6 Å². The van der Waals surface area contributed by atoms with E-state index < -0.39 is 5.97 Å². The fraction of sp³-hybridized carbons (Fsp3) is 0.167. The van der Waals surface area contributed by atoms with Crippen LogP contribution in [0.4, 0.5) is 6.01 Å². The zero-order valence-corrected chi connectivity index (χ0v) is 9.46. The molecule has 0 radical (unpaired) electrons. The zero-order valence-electron chi connectivity index (χ0n) is 9.46. The van der Waals surface area contributed by atoms with Crippen molar-refractivity contribution in [3.63, 3.8) is 0 Å². The second kappa shape index (κ2) is 5.22. The van der Waals surface area contributed by atoms with E-state index in [1.165, 1.54) is 0 Å². The van der Waals surface area contributed by atoms with Gasteiger partial charge in [-0.2, -0.15) is 4.98 Å². The lowest BCUT2D eigenvalue weighted by molar-refractivity contribution is 0.0690. The van der Waals surface area contributed by atoms with E-state index in [4.69, 9.17) is 14.6 Å². The van der Waals surface area contributed by atoms with E-state index in [0.717, 1.165) is 11.8 Å². The van der Waals surface area contributed by atoms with Gasteiger partial charge < -0.3 is 19.9 Å². The molecular formula is C12H12N2O4. The second-order valence-electron chi connectivity index (χ2n) is 3.69. The van der Waals surface area contributed by atoms with E-state index in [9.17, 15) is 4.79 Å². The van der Waals surface area contributed by atoms with Gasteiger partial charge >= 0.3 is 5.97 Å². The number of aromatic nitrogens is 1. The van der Waals surface area contributed by atoms with Crippen molar-refractivity contribution in [3.05, 3.63) is 41.8 Å². The Hall–Kier alpha value is -2.50. The van der Waals surface area contributed by atoms with Gasteiger partial charge in [0.2, 0.25) is 0 Å². The Morgan fingerprint density at radius 1 is 1.33 bits per heavy atom. The predicted octanol–water partition coefficient (Wildman–Crippen LogP) is 1.73. The molecule has 0 spiro atoms. The fourth-order valence-electron chi connectivity index (χ4n) is 1.43. The Morgan fingerprint density at radius 3 is 2.67 bits per heavy atom. The molecule has 0 saturated carbocycles. The van der Waals surface area contributed by atoms with Crippen LogP contribution in [0.1, 0.15) is 16.1 Å². The summed E-state index contributed by atoms with van der Waals surface area (Å²) < 4.78 is 4.94. The number of aromatic hydroxyl groups is 1. The van der Waals surface area contributed by atoms with Crippen molar-refractivity contribution >= 4 is 12.0 Å². The molecule has 0 unspecified atom stereocenters. The molecule has 2 rings (SSSR count). The number of carboxylic acids is 1. The third kappa shape index (κ3) is 3.00. The molecule has 1 heterocycles. The minimum absolute atomic E-state index is 0.123. The van der Waals surface area contributed by atoms with E-state index >= 15 is 0 Å². The highest BCUT2D eigenvalue weighted by Gasteiger charge is 2.09. The van der Waals surface area contributed by atoms with Crippen molar-refractivity contribution in [1.82, 2.24) is 4.98 Å². The number of nitrogens with zero attached hydrogens (tertiary/aromatic N) is 1. The first-order chi connectivity index (χ1) is 8.65. The SMILES string of the molecule is O=C(O)c1coc(NCCc2ccc(O)cc2)n1. The van der Waals surface area contributed by atoms with Crippen LogP contribution in [0.3, 0.4) is 0 Å². The van der Waals surface area contributed by atoms with Gasteiger partial charge in [-0.25, -0.2) is 4.79 Å². The Morgan fingerprint density at radius 2 is 2.06 bits per heavy atom. The van der Waals surface area contributed by atoms with Crippen molar-refractivity contribution in [2.24, 2.45) is 0 Å². The molecule has 0 atom stereocenters. The number of rotatable bonds is 5. The van der Waals surface area contributed by atoms with Crippen molar-refractivity contribution in [3.8, 4) is 5.75 Å². The van der Waals surface area contributed by atoms with Gasteiger partial charge in [0.05, 0.1) is 0 Å². The summed E-state index contributed by atoms with van der Waals surface area (Å²) in [4.78, 5) is 14.3. The fourth-order valence-corrected chi connectivity index (χ4v) is 1.43. The van der Waals surface area contributed by atoms with Gasteiger partial charge in [0.25, 0.3) is 6.01 Å². The minimum atomic E-state index is -1.12. The van der Waals surface area contributed by atoms with Crippen LogP contribution in [0.2, 0.25) is 0 Å². The van der Waals surface area contributed by atoms with E-state index in [2.05, 4.69) is 10.3 Å². The quantitative estimate of drug-likeness (QED) is 0.745. The maximum absolute atomic E-state index is 10.6. The van der Waals surface area contributed by atoms with Crippen molar-refractivity contribution < 1.29 is 19.4 Å². The molecule has 0 fully saturated rings. The average Bonchev–Trinajstić information content (AvgIpc) is 2.81. The monoisotopic (exact) mass is 248 g/mol. The molecule has 0 aliphatic carbocycles. The number of phenolic OH excluding ortho intramolecular Hbond substituents is 1. The van der Waals surface area contributed by atoms with Crippen LogP contribution in [0.25, 0.3) is 0 Å². The first kappa shape index (κ1) is 12.0. The van der Waals surface area contributed by atoms with Crippen LogP contribution in [-0.4, -0.2) is 27.7 Å². The number of hydrogen-bond donors (Lipinski definition) is 3. The van der Waals surface area contributed by atoms with Gasteiger partial charge in [-0.3, -0.25) is 0 Å². The lowest BCUT2D eigenvalue weighted by Gasteiger charge is -2.02. The molecule has 3 N–H and O–H groups in total. The summed E-state index contributed by atoms with van der Waals surface area (Å²) in [6, 6.07) is 7.04. The third-order valence-corrected chi connectivity index (χ3v) is 2.35. The molecule has 0 aliphatic heterocycles. The molecule has 1 aromatic heterocycles. The van der Waals surface area contributed by atoms with E-state index in [1.807, 2.05) is 12.1 Å². The Labute approximate surface area is 103 Å². The molecule has 6 nitrogen and oxygen atoms in total. The van der Waals surface area contributed by atoms with Gasteiger partial charge in [-0.15, -0.1) is 0 Å². The molecule has 0 saturated heterocycles. The van der Waals surface area contributed by atoms with Crippen LogP contribution in [-0.2, 0) is 6.42 Å². The number of aromatic carboxylic acids is 1. The first-order valence-electron chi connectivity index (χ1n) is 5.36. The number of phenols is 1. The van der Waals surface area contributed by atoms with E-state index in [-0.39, 0.29) is 17.5 Å². The predicted molar refractivity (Wildman–Crippen MR) is 63.8 cm³/mol. The highest BCUT2D eigenvalue weighted by Crippen LogP contribution is 2.11. The Bertz CT molecular complexity index is 533. The first-order valence-corrected chi connectivity index (χ1v) is 5.36. The van der Waals surface area contributed by atoms with Crippen LogP contribution in [0.15, 0.2) is 34.9 Å². The van der Waals surface area contributed by atoms with Gasteiger partial charge in [0, 0.05) is 6.54 Å². The summed E-state index contributed by atoms with van der Waals surface area (Å²) >= 11 is 0. The van der Waals surface area contributed by atoms with Crippen LogP contribution >= 0.6 is 0 Å².